The summed E-state index contributed by atoms with van der Waals surface area (Å²) in [5.74, 6) is -0.912. The number of hydrogen-bond acceptors (Lipinski definition) is 10. The molecule has 1 N–H and O–H groups in total. The lowest BCUT2D eigenvalue weighted by molar-refractivity contribution is -0.149. The number of rotatable bonds is 8. The average molecular weight is 617 g/mol. The van der Waals surface area contributed by atoms with Crippen LogP contribution in [0.2, 0.25) is 5.02 Å². The van der Waals surface area contributed by atoms with Crippen LogP contribution in [0.1, 0.15) is 17.5 Å². The van der Waals surface area contributed by atoms with Crippen molar-refractivity contribution in [2.75, 3.05) is 39.3 Å². The van der Waals surface area contributed by atoms with Gasteiger partial charge in [0.25, 0.3) is 15.9 Å². The second kappa shape index (κ2) is 11.1. The SMILES string of the molecule is COC(=O)[C@@H]1C[C@@H](O)CN1C1(c2ccccc2OC)C(=O)N(S(=O)(=O)c2ccc(OC)c(OC)c2)c2ccc(Cl)cc21. The van der Waals surface area contributed by atoms with Gasteiger partial charge in [-0.2, -0.15) is 0 Å². The zero-order valence-electron chi connectivity index (χ0n) is 23.2. The molecule has 3 aromatic rings. The minimum atomic E-state index is -4.60. The number of para-hydroxylation sites is 1. The van der Waals surface area contributed by atoms with E-state index in [0.29, 0.717) is 10.1 Å². The average Bonchev–Trinajstić information content (AvgIpc) is 3.51. The fourth-order valence-corrected chi connectivity index (χ4v) is 7.50. The molecule has 1 fully saturated rings. The summed E-state index contributed by atoms with van der Waals surface area (Å²) in [5, 5.41) is 11.0. The number of hydrogen-bond donors (Lipinski definition) is 1. The summed E-state index contributed by atoms with van der Waals surface area (Å²) in [6.07, 6.45) is -1.07. The molecule has 2 heterocycles. The number of aliphatic hydroxyl groups is 1. The quantitative estimate of drug-likeness (QED) is 0.377. The van der Waals surface area contributed by atoms with E-state index < -0.39 is 39.6 Å². The zero-order valence-corrected chi connectivity index (χ0v) is 24.8. The molecule has 2 aliphatic heterocycles. The molecule has 0 aromatic heterocycles. The van der Waals surface area contributed by atoms with Crippen LogP contribution >= 0.6 is 11.6 Å². The summed E-state index contributed by atoms with van der Waals surface area (Å²) in [6.45, 7) is -0.153. The minimum absolute atomic E-state index is 0.0232. The lowest BCUT2D eigenvalue weighted by Gasteiger charge is -2.41. The number of esters is 1. The van der Waals surface area contributed by atoms with Gasteiger partial charge in [0.2, 0.25) is 0 Å². The fourth-order valence-electron chi connectivity index (χ4n) is 5.85. The lowest BCUT2D eigenvalue weighted by atomic mass is 9.81. The van der Waals surface area contributed by atoms with Gasteiger partial charge in [-0.05, 0) is 36.4 Å². The van der Waals surface area contributed by atoms with Crippen LogP contribution < -0.4 is 18.5 Å². The molecule has 0 saturated carbocycles. The van der Waals surface area contributed by atoms with Crippen molar-refractivity contribution in [3.8, 4) is 17.2 Å². The molecular weight excluding hydrogens is 588 g/mol. The highest BCUT2D eigenvalue weighted by atomic mass is 35.5. The summed E-state index contributed by atoms with van der Waals surface area (Å²) >= 11 is 6.47. The van der Waals surface area contributed by atoms with Gasteiger partial charge in [0.1, 0.15) is 11.8 Å². The van der Waals surface area contributed by atoms with Crippen LogP contribution in [0.3, 0.4) is 0 Å². The fraction of sp³-hybridized carbons (Fsp3) is 0.310. The summed E-state index contributed by atoms with van der Waals surface area (Å²) in [6, 6.07) is 13.9. The maximum Gasteiger partial charge on any atom is 0.323 e. The van der Waals surface area contributed by atoms with Crippen LogP contribution in [0.4, 0.5) is 5.69 Å². The molecular formula is C29H29ClN2O9S. The third kappa shape index (κ3) is 4.37. The number of halogens is 1. The van der Waals surface area contributed by atoms with Crippen molar-refractivity contribution in [3.63, 3.8) is 0 Å². The number of aliphatic hydroxyl groups excluding tert-OH is 1. The number of fused-ring (bicyclic) bond motifs is 1. The molecule has 1 unspecified atom stereocenters. The smallest absolute Gasteiger partial charge is 0.323 e. The number of amides is 1. The van der Waals surface area contributed by atoms with Crippen molar-refractivity contribution in [3.05, 3.63) is 76.8 Å². The molecule has 11 nitrogen and oxygen atoms in total. The summed E-state index contributed by atoms with van der Waals surface area (Å²) in [5.41, 5.74) is -1.49. The van der Waals surface area contributed by atoms with E-state index in [2.05, 4.69) is 0 Å². The van der Waals surface area contributed by atoms with Crippen molar-refractivity contribution < 1.29 is 42.1 Å². The molecule has 0 aliphatic carbocycles. The maximum atomic E-state index is 15.0. The van der Waals surface area contributed by atoms with Crippen molar-refractivity contribution in [1.82, 2.24) is 4.90 Å². The highest BCUT2D eigenvalue weighted by Gasteiger charge is 2.64. The molecule has 2 aliphatic rings. The van der Waals surface area contributed by atoms with Crippen LogP contribution in [-0.2, 0) is 29.9 Å². The van der Waals surface area contributed by atoms with Crippen LogP contribution in [-0.4, -0.2) is 77.4 Å². The number of sulfonamides is 1. The standard InChI is InChI=1S/C29H29ClN2O9S/c1-38-24-8-6-5-7-20(24)29(31-16-18(33)14-23(31)27(34)41-4)21-13-17(30)9-11-22(21)32(28(29)35)42(36,37)19-10-12-25(39-2)26(15-19)40-3/h5-13,15,18,23,33H,14,16H2,1-4H3/t18-,23+,29?/m1/s1. The van der Waals surface area contributed by atoms with Crippen LogP contribution in [0.15, 0.2) is 65.6 Å². The van der Waals surface area contributed by atoms with Gasteiger partial charge >= 0.3 is 5.97 Å². The Kier molecular flexibility index (Phi) is 7.84. The Balaban J connectivity index is 1.84. The molecule has 0 radical (unpaired) electrons. The van der Waals surface area contributed by atoms with Gasteiger partial charge in [-0.15, -0.1) is 0 Å². The van der Waals surface area contributed by atoms with Crippen LogP contribution in [0.5, 0.6) is 17.2 Å². The largest absolute Gasteiger partial charge is 0.496 e. The van der Waals surface area contributed by atoms with Gasteiger partial charge < -0.3 is 24.1 Å². The number of likely N-dealkylation sites (tertiary alicyclic amines) is 1. The molecule has 3 atom stereocenters. The van der Waals surface area contributed by atoms with Crippen molar-refractivity contribution in [2.45, 2.75) is 29.0 Å². The Hall–Kier alpha value is -3.84. The van der Waals surface area contributed by atoms with Gasteiger partial charge in [-0.1, -0.05) is 29.8 Å². The molecule has 13 heteroatoms. The van der Waals surface area contributed by atoms with Crippen LogP contribution in [0.25, 0.3) is 0 Å². The number of carbonyl (C=O) groups excluding carboxylic acids is 2. The summed E-state index contributed by atoms with van der Waals surface area (Å²) < 4.78 is 50.7. The number of benzene rings is 3. The van der Waals surface area contributed by atoms with E-state index in [9.17, 15) is 18.3 Å². The molecule has 5 rings (SSSR count). The number of anilines is 1. The first-order valence-corrected chi connectivity index (χ1v) is 14.7. The topological polar surface area (TPSA) is 132 Å². The monoisotopic (exact) mass is 616 g/mol. The molecule has 222 valence electrons. The number of ether oxygens (including phenoxy) is 4. The Morgan fingerprint density at radius 2 is 1.62 bits per heavy atom. The van der Waals surface area contributed by atoms with Gasteiger partial charge in [0.05, 0.1) is 45.1 Å². The normalized spacial score (nSPS) is 22.1. The molecule has 0 bridgehead atoms. The Morgan fingerprint density at radius 3 is 2.29 bits per heavy atom. The number of nitrogens with zero attached hydrogens (tertiary/aromatic N) is 2. The Bertz CT molecular complexity index is 1660. The first kappa shape index (κ1) is 29.6. The summed E-state index contributed by atoms with van der Waals surface area (Å²) in [7, 11) is 0.805. The minimum Gasteiger partial charge on any atom is -0.496 e. The van der Waals surface area contributed by atoms with Gasteiger partial charge in [-0.25, -0.2) is 12.7 Å². The van der Waals surface area contributed by atoms with Gasteiger partial charge in [0.15, 0.2) is 17.0 Å². The number of carbonyl (C=O) groups is 2. The Labute approximate surface area is 248 Å². The maximum absolute atomic E-state index is 15.0. The first-order chi connectivity index (χ1) is 20.1. The third-order valence-corrected chi connectivity index (χ3v) is 9.56. The Morgan fingerprint density at radius 1 is 0.929 bits per heavy atom. The van der Waals surface area contributed by atoms with E-state index >= 15 is 4.79 Å². The van der Waals surface area contributed by atoms with E-state index in [1.807, 2.05) is 0 Å². The predicted octanol–water partition coefficient (Wildman–Crippen LogP) is 2.95. The predicted molar refractivity (Wildman–Crippen MR) is 153 cm³/mol. The zero-order chi connectivity index (χ0) is 30.4. The highest BCUT2D eigenvalue weighted by Crippen LogP contribution is 2.55. The van der Waals surface area contributed by atoms with Gasteiger partial charge in [-0.3, -0.25) is 14.5 Å². The molecule has 42 heavy (non-hydrogen) atoms. The van der Waals surface area contributed by atoms with E-state index in [0.717, 1.165) is 0 Å². The second-order valence-electron chi connectivity index (χ2n) is 9.74. The van der Waals surface area contributed by atoms with Gasteiger partial charge in [0, 0.05) is 35.2 Å². The van der Waals surface area contributed by atoms with E-state index in [-0.39, 0.29) is 51.2 Å². The lowest BCUT2D eigenvalue weighted by Crippen LogP contribution is -2.58. The van der Waals surface area contributed by atoms with Crippen molar-refractivity contribution in [1.29, 1.82) is 0 Å². The van der Waals surface area contributed by atoms with E-state index in [1.54, 1.807) is 24.3 Å². The third-order valence-electron chi connectivity index (χ3n) is 7.63. The summed E-state index contributed by atoms with van der Waals surface area (Å²) in [4.78, 5) is 29.3. The van der Waals surface area contributed by atoms with Crippen molar-refractivity contribution in [2.24, 2.45) is 0 Å². The number of β-amino-alcohol motifs (C(OH)–C–C–N with tert-alkyl or cyclic N) is 1. The molecule has 3 aromatic carbocycles. The van der Waals surface area contributed by atoms with Crippen molar-refractivity contribution >= 4 is 39.2 Å². The number of methoxy groups -OCH3 is 4. The van der Waals surface area contributed by atoms with Crippen LogP contribution in [0, 0.1) is 0 Å². The first-order valence-electron chi connectivity index (χ1n) is 12.8. The van der Waals surface area contributed by atoms with E-state index in [1.165, 1.54) is 69.7 Å². The molecule has 0 spiro atoms. The highest BCUT2D eigenvalue weighted by molar-refractivity contribution is 7.93. The van der Waals surface area contributed by atoms with E-state index in [4.69, 9.17) is 30.5 Å². The molecule has 1 saturated heterocycles. The molecule has 1 amide bonds. The second-order valence-corrected chi connectivity index (χ2v) is 12.0.